The summed E-state index contributed by atoms with van der Waals surface area (Å²) in [5.41, 5.74) is 0.594. The minimum atomic E-state index is -1.15. The lowest BCUT2D eigenvalue weighted by Gasteiger charge is -2.14. The quantitative estimate of drug-likeness (QED) is 0.714. The van der Waals surface area contributed by atoms with E-state index >= 15 is 0 Å². The molecule has 132 valence electrons. The van der Waals surface area contributed by atoms with Gasteiger partial charge in [0.1, 0.15) is 17.2 Å². The highest BCUT2D eigenvalue weighted by molar-refractivity contribution is 6.05. The van der Waals surface area contributed by atoms with Gasteiger partial charge in [0.25, 0.3) is 5.91 Å². The molecule has 1 aromatic carbocycles. The van der Waals surface area contributed by atoms with Gasteiger partial charge in [-0.05, 0) is 30.7 Å². The number of rotatable bonds is 8. The van der Waals surface area contributed by atoms with Gasteiger partial charge in [0.2, 0.25) is 0 Å². The second kappa shape index (κ2) is 8.68. The number of nitrogens with zero attached hydrogens (tertiary/aromatic N) is 1. The Bertz CT molecular complexity index is 744. The van der Waals surface area contributed by atoms with Crippen LogP contribution in [0.25, 0.3) is 0 Å². The van der Waals surface area contributed by atoms with Gasteiger partial charge in [-0.2, -0.15) is 0 Å². The molecule has 7 heteroatoms. The Balaban J connectivity index is 2.18. The Kier molecular flexibility index (Phi) is 6.33. The van der Waals surface area contributed by atoms with Gasteiger partial charge >= 0.3 is 5.97 Å². The maximum atomic E-state index is 12.4. The summed E-state index contributed by atoms with van der Waals surface area (Å²) in [5.74, 6) is -0.445. The number of ether oxygens (including phenoxy) is 2. The van der Waals surface area contributed by atoms with E-state index in [9.17, 15) is 9.59 Å². The lowest BCUT2D eigenvalue weighted by Crippen LogP contribution is -2.14. The molecule has 0 unspecified atom stereocenters. The molecule has 0 aliphatic carbocycles. The zero-order chi connectivity index (χ0) is 18.2. The van der Waals surface area contributed by atoms with E-state index in [0.29, 0.717) is 23.8 Å². The minimum absolute atomic E-state index is 0.124. The number of pyridine rings is 1. The lowest BCUT2D eigenvalue weighted by molar-refractivity contribution is 0.0690. The maximum Gasteiger partial charge on any atom is 0.354 e. The molecule has 0 bridgehead atoms. The molecule has 0 aliphatic heterocycles. The number of carboxylic acids is 1. The highest BCUT2D eigenvalue weighted by Gasteiger charge is 2.13. The number of carbonyl (C=O) groups is 2. The zero-order valence-electron chi connectivity index (χ0n) is 14.1. The molecule has 0 saturated heterocycles. The zero-order valence-corrected chi connectivity index (χ0v) is 14.1. The van der Waals surface area contributed by atoms with Crippen molar-refractivity contribution in [2.75, 3.05) is 19.0 Å². The van der Waals surface area contributed by atoms with Crippen LogP contribution in [-0.4, -0.2) is 35.7 Å². The summed E-state index contributed by atoms with van der Waals surface area (Å²) >= 11 is 0. The van der Waals surface area contributed by atoms with Crippen LogP contribution in [-0.2, 0) is 0 Å². The van der Waals surface area contributed by atoms with Gasteiger partial charge in [-0.25, -0.2) is 9.78 Å². The van der Waals surface area contributed by atoms with E-state index in [4.69, 9.17) is 14.6 Å². The molecule has 0 spiro atoms. The van der Waals surface area contributed by atoms with Crippen molar-refractivity contribution in [3.05, 3.63) is 47.8 Å². The number of hydrogen-bond acceptors (Lipinski definition) is 5. The van der Waals surface area contributed by atoms with E-state index < -0.39 is 11.9 Å². The topological polar surface area (TPSA) is 97.8 Å². The van der Waals surface area contributed by atoms with Crippen LogP contribution in [0.2, 0.25) is 0 Å². The van der Waals surface area contributed by atoms with E-state index in [0.717, 1.165) is 12.8 Å². The largest absolute Gasteiger partial charge is 0.497 e. The van der Waals surface area contributed by atoms with Crippen molar-refractivity contribution in [2.45, 2.75) is 19.8 Å². The summed E-state index contributed by atoms with van der Waals surface area (Å²) in [4.78, 5) is 26.9. The molecule has 2 N–H and O–H groups in total. The van der Waals surface area contributed by atoms with Crippen LogP contribution in [0.4, 0.5) is 5.69 Å². The van der Waals surface area contributed by atoms with Gasteiger partial charge in [-0.3, -0.25) is 4.79 Å². The summed E-state index contributed by atoms with van der Waals surface area (Å²) in [5, 5.41) is 11.6. The average molecular weight is 344 g/mol. The average Bonchev–Trinajstić information content (AvgIpc) is 2.63. The van der Waals surface area contributed by atoms with E-state index in [-0.39, 0.29) is 11.3 Å². The smallest absolute Gasteiger partial charge is 0.354 e. The number of unbranched alkanes of at least 4 members (excludes halogenated alkanes) is 1. The number of aromatic nitrogens is 1. The second-order valence-corrected chi connectivity index (χ2v) is 5.26. The molecule has 25 heavy (non-hydrogen) atoms. The van der Waals surface area contributed by atoms with Crippen LogP contribution in [0.5, 0.6) is 11.5 Å². The van der Waals surface area contributed by atoms with Crippen LogP contribution < -0.4 is 14.8 Å². The SMILES string of the molecule is CCCCOc1ccc(OC)cc1NC(=O)c1ccc(C(=O)O)nc1. The van der Waals surface area contributed by atoms with Crippen molar-refractivity contribution in [1.29, 1.82) is 0 Å². The molecule has 0 fully saturated rings. The van der Waals surface area contributed by atoms with Crippen LogP contribution in [0.15, 0.2) is 36.5 Å². The number of carbonyl (C=O) groups excluding carboxylic acids is 1. The summed E-state index contributed by atoms with van der Waals surface area (Å²) in [6.45, 7) is 2.61. The maximum absolute atomic E-state index is 12.4. The van der Waals surface area contributed by atoms with Crippen molar-refractivity contribution < 1.29 is 24.2 Å². The normalized spacial score (nSPS) is 10.2. The first kappa shape index (κ1) is 18.3. The van der Waals surface area contributed by atoms with Gasteiger partial charge in [0.05, 0.1) is 25.0 Å². The van der Waals surface area contributed by atoms with Gasteiger partial charge < -0.3 is 19.9 Å². The lowest BCUT2D eigenvalue weighted by atomic mass is 10.2. The summed E-state index contributed by atoms with van der Waals surface area (Å²) in [6, 6.07) is 7.83. The number of amides is 1. The van der Waals surface area contributed by atoms with E-state index in [1.54, 1.807) is 18.2 Å². The van der Waals surface area contributed by atoms with Crippen molar-refractivity contribution in [3.8, 4) is 11.5 Å². The molecule has 1 aromatic heterocycles. The van der Waals surface area contributed by atoms with Crippen molar-refractivity contribution >= 4 is 17.6 Å². The second-order valence-electron chi connectivity index (χ2n) is 5.26. The fourth-order valence-electron chi connectivity index (χ4n) is 2.04. The molecule has 1 heterocycles. The fraction of sp³-hybridized carbons (Fsp3) is 0.278. The Morgan fingerprint density at radius 1 is 1.24 bits per heavy atom. The van der Waals surface area contributed by atoms with Gasteiger partial charge in [0.15, 0.2) is 0 Å². The molecule has 2 aromatic rings. The van der Waals surface area contributed by atoms with Gasteiger partial charge in [-0.1, -0.05) is 13.3 Å². The molecular weight excluding hydrogens is 324 g/mol. The molecule has 0 radical (unpaired) electrons. The Morgan fingerprint density at radius 3 is 2.64 bits per heavy atom. The predicted molar refractivity (Wildman–Crippen MR) is 92.5 cm³/mol. The highest BCUT2D eigenvalue weighted by atomic mass is 16.5. The molecule has 0 aliphatic rings. The third-order valence-electron chi connectivity index (χ3n) is 3.44. The Morgan fingerprint density at radius 2 is 2.04 bits per heavy atom. The predicted octanol–water partition coefficient (Wildman–Crippen LogP) is 3.22. The van der Waals surface area contributed by atoms with Crippen LogP contribution in [0, 0.1) is 0 Å². The first-order valence-corrected chi connectivity index (χ1v) is 7.86. The minimum Gasteiger partial charge on any atom is -0.497 e. The van der Waals surface area contributed by atoms with Crippen LogP contribution >= 0.6 is 0 Å². The summed E-state index contributed by atoms with van der Waals surface area (Å²) in [7, 11) is 1.53. The standard InChI is InChI=1S/C18H20N2O5/c1-3-4-9-25-16-8-6-13(24-2)10-15(16)20-17(21)12-5-7-14(18(22)23)19-11-12/h5-8,10-11H,3-4,9H2,1-2H3,(H,20,21)(H,22,23). The number of aromatic carboxylic acids is 1. The number of benzene rings is 1. The fourth-order valence-corrected chi connectivity index (χ4v) is 2.04. The first-order valence-electron chi connectivity index (χ1n) is 7.86. The van der Waals surface area contributed by atoms with E-state index in [1.165, 1.54) is 25.4 Å². The highest BCUT2D eigenvalue weighted by Crippen LogP contribution is 2.29. The van der Waals surface area contributed by atoms with Crippen molar-refractivity contribution in [1.82, 2.24) is 4.98 Å². The van der Waals surface area contributed by atoms with Crippen molar-refractivity contribution in [3.63, 3.8) is 0 Å². The van der Waals surface area contributed by atoms with Crippen LogP contribution in [0.3, 0.4) is 0 Å². The number of nitrogens with one attached hydrogen (secondary N) is 1. The Labute approximate surface area is 145 Å². The number of hydrogen-bond donors (Lipinski definition) is 2. The number of anilines is 1. The van der Waals surface area contributed by atoms with E-state index in [1.807, 2.05) is 0 Å². The van der Waals surface area contributed by atoms with E-state index in [2.05, 4.69) is 17.2 Å². The first-order chi connectivity index (χ1) is 12.0. The van der Waals surface area contributed by atoms with Gasteiger partial charge in [-0.15, -0.1) is 0 Å². The molecule has 0 saturated carbocycles. The third-order valence-corrected chi connectivity index (χ3v) is 3.44. The van der Waals surface area contributed by atoms with Crippen LogP contribution in [0.1, 0.15) is 40.6 Å². The molecule has 1 amide bonds. The third kappa shape index (κ3) is 4.94. The van der Waals surface area contributed by atoms with Crippen molar-refractivity contribution in [2.24, 2.45) is 0 Å². The summed E-state index contributed by atoms with van der Waals surface area (Å²) in [6.07, 6.45) is 3.12. The summed E-state index contributed by atoms with van der Waals surface area (Å²) < 4.78 is 10.9. The van der Waals surface area contributed by atoms with Gasteiger partial charge in [0, 0.05) is 12.3 Å². The molecule has 2 rings (SSSR count). The number of carboxylic acid groups (broad SMARTS) is 1. The molecule has 0 atom stereocenters. The molecule has 7 nitrogen and oxygen atoms in total. The monoisotopic (exact) mass is 344 g/mol. The number of methoxy groups -OCH3 is 1. The molecular formula is C18H20N2O5. The Hall–Kier alpha value is -3.09.